The molecular weight excluding hydrogens is 641 g/mol. The largest absolute Gasteiger partial charge is 0.447 e. The minimum absolute atomic E-state index is 0.0860. The van der Waals surface area contributed by atoms with E-state index in [1.807, 2.05) is 42.6 Å². The molecule has 0 bridgehead atoms. The number of ether oxygens (including phenoxy) is 1. The zero-order valence-corrected chi connectivity index (χ0v) is 24.7. The molecule has 1 aliphatic heterocycles. The number of carbonyl (C=O) groups is 1. The summed E-state index contributed by atoms with van der Waals surface area (Å²) in [6, 6.07) is 17.1. The molecule has 3 aromatic carbocycles. The Hall–Kier alpha value is -3.51. The van der Waals surface area contributed by atoms with Gasteiger partial charge in [-0.25, -0.2) is 14.5 Å². The van der Waals surface area contributed by atoms with Crippen LogP contribution in [0.1, 0.15) is 24.1 Å². The Bertz CT molecular complexity index is 1700. The molecule has 0 spiro atoms. The van der Waals surface area contributed by atoms with E-state index < -0.39 is 4.92 Å². The molecule has 0 N–H and O–H groups in total. The number of cyclic esters (lactones) is 1. The zero-order valence-electron chi connectivity index (χ0n) is 20.8. The van der Waals surface area contributed by atoms with Gasteiger partial charge in [0.05, 0.1) is 35.0 Å². The van der Waals surface area contributed by atoms with Gasteiger partial charge in [-0.15, -0.1) is 11.3 Å². The van der Waals surface area contributed by atoms with Crippen LogP contribution in [0.2, 0.25) is 10.0 Å². The molecule has 13 heteroatoms. The number of thiazole rings is 1. The van der Waals surface area contributed by atoms with Gasteiger partial charge in [0.25, 0.3) is 5.69 Å². The van der Waals surface area contributed by atoms with Crippen LogP contribution in [0, 0.1) is 10.1 Å². The second-order valence-electron chi connectivity index (χ2n) is 8.70. The van der Waals surface area contributed by atoms with Crippen LogP contribution in [0.5, 0.6) is 0 Å². The third-order valence-corrected chi connectivity index (χ3v) is 8.03. The number of aromatic nitrogens is 1. The van der Waals surface area contributed by atoms with E-state index in [9.17, 15) is 14.9 Å². The second-order valence-corrected chi connectivity index (χ2v) is 11.3. The molecule has 0 radical (unpaired) electrons. The van der Waals surface area contributed by atoms with Crippen molar-refractivity contribution >= 4 is 74.2 Å². The highest BCUT2D eigenvalue weighted by molar-refractivity contribution is 9.10. The molecule has 1 amide bonds. The van der Waals surface area contributed by atoms with E-state index in [2.05, 4.69) is 21.0 Å². The highest BCUT2D eigenvalue weighted by atomic mass is 79.9. The van der Waals surface area contributed by atoms with E-state index in [1.54, 1.807) is 33.8 Å². The van der Waals surface area contributed by atoms with E-state index in [1.165, 1.54) is 23.6 Å². The summed E-state index contributed by atoms with van der Waals surface area (Å²) >= 11 is 17.1. The maximum absolute atomic E-state index is 12.0. The number of amides is 1. The van der Waals surface area contributed by atoms with E-state index in [4.69, 9.17) is 32.9 Å². The summed E-state index contributed by atoms with van der Waals surface area (Å²) in [7, 11) is 0. The monoisotopic (exact) mass is 659 g/mol. The minimum atomic E-state index is -0.455. The molecule has 0 aliphatic carbocycles. The number of nitro groups is 1. The van der Waals surface area contributed by atoms with Crippen LogP contribution in [-0.4, -0.2) is 35.1 Å². The molecule has 1 aromatic heterocycles. The van der Waals surface area contributed by atoms with Crippen LogP contribution in [0.4, 0.5) is 16.2 Å². The van der Waals surface area contributed by atoms with Crippen molar-refractivity contribution in [3.8, 4) is 11.3 Å². The first-order valence-corrected chi connectivity index (χ1v) is 14.4. The number of anilines is 1. The van der Waals surface area contributed by atoms with Crippen molar-refractivity contribution in [2.24, 2.45) is 10.1 Å². The Balaban J connectivity index is 1.59. The fraction of sp³-hybridized carbons (Fsp3) is 0.148. The number of carbonyl (C=O) groups excluding carboxylic acids is 1. The maximum atomic E-state index is 12.0. The van der Waals surface area contributed by atoms with Crippen molar-refractivity contribution in [2.45, 2.75) is 13.0 Å². The number of hydrogen-bond acceptors (Lipinski definition) is 7. The summed E-state index contributed by atoms with van der Waals surface area (Å²) in [6.07, 6.45) is 1.06. The topological polar surface area (TPSA) is 102 Å². The number of benzene rings is 3. The third kappa shape index (κ3) is 5.97. The van der Waals surface area contributed by atoms with Crippen molar-refractivity contribution in [2.75, 3.05) is 18.1 Å². The molecule has 0 saturated carbocycles. The van der Waals surface area contributed by atoms with Crippen LogP contribution >= 0.6 is 50.5 Å². The van der Waals surface area contributed by atoms with Crippen molar-refractivity contribution in [3.63, 3.8) is 0 Å². The lowest BCUT2D eigenvalue weighted by molar-refractivity contribution is -0.385. The lowest BCUT2D eigenvalue weighted by Crippen LogP contribution is -2.23. The Morgan fingerprint density at radius 3 is 2.60 bits per heavy atom. The van der Waals surface area contributed by atoms with Gasteiger partial charge in [0.15, 0.2) is 0 Å². The standard InChI is InChI=1S/C27H20BrCl2N5O4S/c1-16(22-9-6-20(29)13-23(22)30)32-26-34(31-14-18-2-5-19(28)12-24(18)35(37)38)25(15-40-26)17-3-7-21(8-4-17)33-10-11-39-27(33)36/h2-9,12-16H,10-11H2,1H3/b31-14+,32-26?. The predicted molar refractivity (Wildman–Crippen MR) is 161 cm³/mol. The summed E-state index contributed by atoms with van der Waals surface area (Å²) in [5.74, 6) is 0. The molecule has 1 fully saturated rings. The summed E-state index contributed by atoms with van der Waals surface area (Å²) in [5, 5.41) is 19.2. The van der Waals surface area contributed by atoms with Gasteiger partial charge in [0.2, 0.25) is 4.80 Å². The Labute approximate surface area is 251 Å². The molecule has 9 nitrogen and oxygen atoms in total. The number of nitrogens with zero attached hydrogens (tertiary/aromatic N) is 5. The third-order valence-electron chi connectivity index (χ3n) is 6.14. The van der Waals surface area contributed by atoms with Gasteiger partial charge >= 0.3 is 6.09 Å². The fourth-order valence-electron chi connectivity index (χ4n) is 4.12. The number of halogens is 3. The minimum Gasteiger partial charge on any atom is -0.447 e. The van der Waals surface area contributed by atoms with Gasteiger partial charge in [-0.05, 0) is 48.9 Å². The SMILES string of the molecule is CC(N=c1scc(-c2ccc(N3CCOC3=O)cc2)n1/N=C/c1ccc(Br)cc1[N+](=O)[O-])c1ccc(Cl)cc1Cl. The summed E-state index contributed by atoms with van der Waals surface area (Å²) in [4.78, 5) is 30.2. The van der Waals surface area contributed by atoms with Crippen LogP contribution in [0.25, 0.3) is 11.3 Å². The highest BCUT2D eigenvalue weighted by Gasteiger charge is 2.23. The van der Waals surface area contributed by atoms with Crippen LogP contribution in [-0.2, 0) is 4.74 Å². The summed E-state index contributed by atoms with van der Waals surface area (Å²) < 4.78 is 7.26. The normalized spacial score (nSPS) is 14.7. The molecule has 1 saturated heterocycles. The lowest BCUT2D eigenvalue weighted by atomic mass is 10.1. The zero-order chi connectivity index (χ0) is 28.4. The average Bonchev–Trinajstić information content (AvgIpc) is 3.53. The molecular formula is C27H20BrCl2N5O4S. The number of nitro benzene ring substituents is 1. The van der Waals surface area contributed by atoms with Gasteiger partial charge in [0, 0.05) is 37.2 Å². The van der Waals surface area contributed by atoms with Gasteiger partial charge in [-0.2, -0.15) is 5.10 Å². The first-order chi connectivity index (χ1) is 19.2. The van der Waals surface area contributed by atoms with Crippen LogP contribution in [0.3, 0.4) is 0 Å². The van der Waals surface area contributed by atoms with E-state index in [0.717, 1.165) is 16.8 Å². The summed E-state index contributed by atoms with van der Waals surface area (Å²) in [6.45, 7) is 2.75. The molecule has 2 heterocycles. The number of hydrogen-bond donors (Lipinski definition) is 0. The Kier molecular flexibility index (Phi) is 8.36. The quantitative estimate of drug-likeness (QED) is 0.115. The molecule has 1 unspecified atom stereocenters. The molecule has 1 atom stereocenters. The van der Waals surface area contributed by atoms with E-state index >= 15 is 0 Å². The van der Waals surface area contributed by atoms with Gasteiger partial charge < -0.3 is 4.74 Å². The van der Waals surface area contributed by atoms with Crippen molar-refractivity contribution in [1.29, 1.82) is 0 Å². The number of rotatable bonds is 7. The van der Waals surface area contributed by atoms with Crippen LogP contribution < -0.4 is 9.70 Å². The second kappa shape index (κ2) is 11.9. The molecule has 5 rings (SSSR count). The van der Waals surface area contributed by atoms with Gasteiger partial charge in [-0.3, -0.25) is 15.0 Å². The van der Waals surface area contributed by atoms with Gasteiger partial charge in [-0.1, -0.05) is 57.3 Å². The van der Waals surface area contributed by atoms with Gasteiger partial charge in [0.1, 0.15) is 6.61 Å². The van der Waals surface area contributed by atoms with E-state index in [-0.39, 0.29) is 17.8 Å². The highest BCUT2D eigenvalue weighted by Crippen LogP contribution is 2.29. The van der Waals surface area contributed by atoms with Crippen LogP contribution in [0.15, 0.2) is 80.6 Å². The average molecular weight is 661 g/mol. The summed E-state index contributed by atoms with van der Waals surface area (Å²) in [5.41, 5.74) is 3.29. The Morgan fingerprint density at radius 2 is 1.93 bits per heavy atom. The maximum Gasteiger partial charge on any atom is 0.414 e. The van der Waals surface area contributed by atoms with E-state index in [0.29, 0.717) is 43.7 Å². The van der Waals surface area contributed by atoms with Crippen molar-refractivity contribution in [3.05, 3.63) is 107 Å². The molecule has 204 valence electrons. The first-order valence-electron chi connectivity index (χ1n) is 11.9. The molecule has 4 aromatic rings. The Morgan fingerprint density at radius 1 is 1.15 bits per heavy atom. The van der Waals surface area contributed by atoms with Crippen molar-refractivity contribution in [1.82, 2.24) is 4.68 Å². The molecule has 1 aliphatic rings. The predicted octanol–water partition coefficient (Wildman–Crippen LogP) is 7.69. The first kappa shape index (κ1) is 28.0. The smallest absolute Gasteiger partial charge is 0.414 e. The fourth-order valence-corrected chi connectivity index (χ4v) is 5.95. The van der Waals surface area contributed by atoms with Crippen molar-refractivity contribution < 1.29 is 14.5 Å². The molecule has 40 heavy (non-hydrogen) atoms. The lowest BCUT2D eigenvalue weighted by Gasteiger charge is -2.13.